The highest BCUT2D eigenvalue weighted by Gasteiger charge is 2.20. The van der Waals surface area contributed by atoms with Crippen molar-refractivity contribution in [1.29, 1.82) is 0 Å². The van der Waals surface area contributed by atoms with Crippen LogP contribution in [0.5, 0.6) is 0 Å². The van der Waals surface area contributed by atoms with Crippen LogP contribution < -0.4 is 0 Å². The average Bonchev–Trinajstić information content (AvgIpc) is 2.64. The molecule has 1 unspecified atom stereocenters. The Morgan fingerprint density at radius 2 is 1.75 bits per heavy atom. The number of halogens is 4. The fourth-order valence-electron chi connectivity index (χ4n) is 1.37. The smallest absolute Gasteiger partial charge is 0.0778 e. The number of rotatable bonds is 2. The molecule has 0 amide bonds. The molecular weight excluding hydrogens is 395 g/mol. The molecule has 1 aromatic heterocycles. The molecule has 5 heteroatoms. The van der Waals surface area contributed by atoms with E-state index in [-0.39, 0.29) is 4.83 Å². The van der Waals surface area contributed by atoms with Crippen molar-refractivity contribution in [3.8, 4) is 0 Å². The van der Waals surface area contributed by atoms with E-state index in [4.69, 9.17) is 23.2 Å². The molecule has 0 radical (unpaired) electrons. The lowest BCUT2D eigenvalue weighted by Crippen LogP contribution is -1.93. The van der Waals surface area contributed by atoms with E-state index in [2.05, 4.69) is 31.9 Å². The van der Waals surface area contributed by atoms with Gasteiger partial charge in [0.1, 0.15) is 0 Å². The highest BCUT2D eigenvalue weighted by Crippen LogP contribution is 2.44. The van der Waals surface area contributed by atoms with Crippen LogP contribution in [0.4, 0.5) is 0 Å². The highest BCUT2D eigenvalue weighted by molar-refractivity contribution is 9.11. The summed E-state index contributed by atoms with van der Waals surface area (Å²) in [5.74, 6) is 0. The maximum absolute atomic E-state index is 6.17. The van der Waals surface area contributed by atoms with Crippen LogP contribution in [-0.4, -0.2) is 0 Å². The quantitative estimate of drug-likeness (QED) is 0.519. The molecule has 0 nitrogen and oxygen atoms in total. The number of benzene rings is 1. The molecule has 0 bridgehead atoms. The molecule has 2 rings (SSSR count). The molecule has 1 heterocycles. The normalized spacial score (nSPS) is 12.8. The standard InChI is InChI=1S/C11H6Br2Cl2S/c12-6-4-5-16-11(6)10(13)9-7(14)2-1-3-8(9)15/h1-5,10H. The molecule has 0 spiro atoms. The van der Waals surface area contributed by atoms with Crippen molar-refractivity contribution in [2.24, 2.45) is 0 Å². The van der Waals surface area contributed by atoms with Gasteiger partial charge >= 0.3 is 0 Å². The van der Waals surface area contributed by atoms with Crippen molar-refractivity contribution in [2.45, 2.75) is 4.83 Å². The summed E-state index contributed by atoms with van der Waals surface area (Å²) < 4.78 is 1.07. The Labute approximate surface area is 125 Å². The molecule has 0 fully saturated rings. The van der Waals surface area contributed by atoms with Gasteiger partial charge in [-0.2, -0.15) is 0 Å². The van der Waals surface area contributed by atoms with E-state index in [9.17, 15) is 0 Å². The van der Waals surface area contributed by atoms with Crippen molar-refractivity contribution in [1.82, 2.24) is 0 Å². The summed E-state index contributed by atoms with van der Waals surface area (Å²) in [7, 11) is 0. The first-order chi connectivity index (χ1) is 7.61. The second-order valence-corrected chi connectivity index (χ2v) is 6.66. The van der Waals surface area contributed by atoms with Crippen molar-refractivity contribution >= 4 is 66.4 Å². The lowest BCUT2D eigenvalue weighted by molar-refractivity contribution is 1.21. The van der Waals surface area contributed by atoms with Gasteiger partial charge in [0, 0.05) is 25.0 Å². The Bertz CT molecular complexity index is 490. The Morgan fingerprint density at radius 3 is 2.25 bits per heavy atom. The maximum Gasteiger partial charge on any atom is 0.0778 e. The van der Waals surface area contributed by atoms with Crippen LogP contribution in [0.3, 0.4) is 0 Å². The number of hydrogen-bond acceptors (Lipinski definition) is 1. The highest BCUT2D eigenvalue weighted by atomic mass is 79.9. The molecule has 1 aromatic carbocycles. The van der Waals surface area contributed by atoms with Gasteiger partial charge in [-0.25, -0.2) is 0 Å². The lowest BCUT2D eigenvalue weighted by Gasteiger charge is -2.13. The average molecular weight is 401 g/mol. The van der Waals surface area contributed by atoms with Crippen molar-refractivity contribution < 1.29 is 0 Å². The molecule has 16 heavy (non-hydrogen) atoms. The zero-order valence-corrected chi connectivity index (χ0v) is 13.4. The fourth-order valence-corrected chi connectivity index (χ4v) is 5.21. The van der Waals surface area contributed by atoms with Gasteiger partial charge in [-0.3, -0.25) is 0 Å². The molecule has 0 aliphatic carbocycles. The molecule has 2 aromatic rings. The van der Waals surface area contributed by atoms with Crippen LogP contribution in [-0.2, 0) is 0 Å². The Morgan fingerprint density at radius 1 is 1.12 bits per heavy atom. The monoisotopic (exact) mass is 398 g/mol. The molecule has 0 N–H and O–H groups in total. The topological polar surface area (TPSA) is 0 Å². The Hall–Kier alpha value is 0.460. The van der Waals surface area contributed by atoms with E-state index in [1.165, 1.54) is 0 Å². The van der Waals surface area contributed by atoms with Crippen LogP contribution in [0.1, 0.15) is 15.3 Å². The van der Waals surface area contributed by atoms with Crippen molar-refractivity contribution in [3.63, 3.8) is 0 Å². The van der Waals surface area contributed by atoms with Crippen LogP contribution in [0, 0.1) is 0 Å². The Kier molecular flexibility index (Phi) is 4.36. The zero-order chi connectivity index (χ0) is 11.7. The second kappa shape index (κ2) is 5.40. The predicted octanol–water partition coefficient (Wildman–Crippen LogP) is 6.30. The summed E-state index contributed by atoms with van der Waals surface area (Å²) in [5, 5.41) is 3.38. The van der Waals surface area contributed by atoms with Gasteiger partial charge in [0.25, 0.3) is 0 Å². The van der Waals surface area contributed by atoms with E-state index in [1.807, 2.05) is 29.6 Å². The Balaban J connectivity index is 2.49. The first kappa shape index (κ1) is 12.9. The minimum absolute atomic E-state index is 0.0167. The van der Waals surface area contributed by atoms with Gasteiger partial charge < -0.3 is 0 Å². The SMILES string of the molecule is Clc1cccc(Cl)c1C(Br)c1sccc1Br. The number of hydrogen-bond donors (Lipinski definition) is 0. The third kappa shape index (κ3) is 2.49. The fraction of sp³-hybridized carbons (Fsp3) is 0.0909. The summed E-state index contributed by atoms with van der Waals surface area (Å²) in [6, 6.07) is 7.55. The molecule has 0 aliphatic heterocycles. The number of alkyl halides is 1. The minimum Gasteiger partial charge on any atom is -0.146 e. The van der Waals surface area contributed by atoms with E-state index in [1.54, 1.807) is 11.3 Å². The first-order valence-electron chi connectivity index (χ1n) is 4.42. The van der Waals surface area contributed by atoms with Gasteiger partial charge in [0.15, 0.2) is 0 Å². The molecule has 0 aliphatic rings. The van der Waals surface area contributed by atoms with E-state index in [0.717, 1.165) is 14.9 Å². The van der Waals surface area contributed by atoms with Crippen LogP contribution in [0.15, 0.2) is 34.1 Å². The minimum atomic E-state index is 0.0167. The third-order valence-electron chi connectivity index (χ3n) is 2.13. The van der Waals surface area contributed by atoms with Crippen LogP contribution in [0.2, 0.25) is 10.0 Å². The van der Waals surface area contributed by atoms with Crippen molar-refractivity contribution in [3.05, 3.63) is 54.6 Å². The van der Waals surface area contributed by atoms with Crippen LogP contribution in [0.25, 0.3) is 0 Å². The molecule has 1 atom stereocenters. The maximum atomic E-state index is 6.17. The lowest BCUT2D eigenvalue weighted by atomic mass is 10.1. The second-order valence-electron chi connectivity index (χ2n) is 3.13. The summed E-state index contributed by atoms with van der Waals surface area (Å²) >= 11 is 21.1. The van der Waals surface area contributed by atoms with Gasteiger partial charge in [0.2, 0.25) is 0 Å². The summed E-state index contributed by atoms with van der Waals surface area (Å²) in [6.07, 6.45) is 0. The molecule has 0 saturated heterocycles. The molecular formula is C11H6Br2Cl2S. The largest absolute Gasteiger partial charge is 0.146 e. The van der Waals surface area contributed by atoms with Gasteiger partial charge in [-0.15, -0.1) is 11.3 Å². The van der Waals surface area contributed by atoms with E-state index in [0.29, 0.717) is 10.0 Å². The van der Waals surface area contributed by atoms with Gasteiger partial charge in [-0.05, 0) is 39.5 Å². The van der Waals surface area contributed by atoms with E-state index >= 15 is 0 Å². The van der Waals surface area contributed by atoms with Gasteiger partial charge in [0.05, 0.1) is 4.83 Å². The predicted molar refractivity (Wildman–Crippen MR) is 79.3 cm³/mol. The number of thiophene rings is 1. The summed E-state index contributed by atoms with van der Waals surface area (Å²) in [5.41, 5.74) is 0.911. The molecule has 84 valence electrons. The zero-order valence-electron chi connectivity index (χ0n) is 7.88. The van der Waals surface area contributed by atoms with E-state index < -0.39 is 0 Å². The molecule has 0 saturated carbocycles. The van der Waals surface area contributed by atoms with Gasteiger partial charge in [-0.1, -0.05) is 45.2 Å². The van der Waals surface area contributed by atoms with Crippen LogP contribution >= 0.6 is 66.4 Å². The third-order valence-corrected chi connectivity index (χ3v) is 5.94. The first-order valence-corrected chi connectivity index (χ1v) is 7.76. The van der Waals surface area contributed by atoms with Crippen molar-refractivity contribution in [2.75, 3.05) is 0 Å². The summed E-state index contributed by atoms with van der Waals surface area (Å²) in [4.78, 5) is 1.18. The summed E-state index contributed by atoms with van der Waals surface area (Å²) in [6.45, 7) is 0.